The normalized spacial score (nSPS) is 26.2. The molecule has 1 aliphatic rings. The lowest BCUT2D eigenvalue weighted by Gasteiger charge is -2.35. The van der Waals surface area contributed by atoms with E-state index in [0.717, 1.165) is 18.4 Å². The lowest BCUT2D eigenvalue weighted by atomic mass is 9.81. The van der Waals surface area contributed by atoms with Crippen LogP contribution < -0.4 is 5.32 Å². The highest BCUT2D eigenvalue weighted by molar-refractivity contribution is 5.24. The highest BCUT2D eigenvalue weighted by Gasteiger charge is 2.26. The maximum atomic E-state index is 3.70. The summed E-state index contributed by atoms with van der Waals surface area (Å²) < 4.78 is 0. The van der Waals surface area contributed by atoms with Crippen LogP contribution in [-0.4, -0.2) is 6.04 Å². The zero-order valence-electron chi connectivity index (χ0n) is 10.7. The highest BCUT2D eigenvalue weighted by atomic mass is 15.0. The van der Waals surface area contributed by atoms with Gasteiger partial charge in [0.1, 0.15) is 0 Å². The van der Waals surface area contributed by atoms with Crippen LogP contribution >= 0.6 is 0 Å². The number of aryl methyl sites for hydroxylation is 1. The molecule has 0 aliphatic heterocycles. The first kappa shape index (κ1) is 11.7. The standard InChI is InChI=1S/C15H23N/c1-4-13-5-7-14(8-6-13)12(3)16-15-9-11(2)10-15/h5-8,11-12,15-16H,4,9-10H2,1-3H3. The van der Waals surface area contributed by atoms with Crippen LogP contribution in [0.25, 0.3) is 0 Å². The van der Waals surface area contributed by atoms with E-state index >= 15 is 0 Å². The summed E-state index contributed by atoms with van der Waals surface area (Å²) in [6.45, 7) is 6.80. The molecule has 0 saturated heterocycles. The van der Waals surface area contributed by atoms with Crippen molar-refractivity contribution in [1.82, 2.24) is 5.32 Å². The summed E-state index contributed by atoms with van der Waals surface area (Å²) >= 11 is 0. The molecule has 1 aromatic carbocycles. The molecule has 0 spiro atoms. The third-order valence-electron chi connectivity index (χ3n) is 3.75. The minimum atomic E-state index is 0.489. The number of nitrogens with one attached hydrogen (secondary N) is 1. The molecule has 1 saturated carbocycles. The smallest absolute Gasteiger partial charge is 0.0294 e. The van der Waals surface area contributed by atoms with Crippen molar-refractivity contribution in [3.8, 4) is 0 Å². The monoisotopic (exact) mass is 217 g/mol. The molecule has 0 aromatic heterocycles. The quantitative estimate of drug-likeness (QED) is 0.811. The van der Waals surface area contributed by atoms with Gasteiger partial charge in [-0.15, -0.1) is 0 Å². The third-order valence-corrected chi connectivity index (χ3v) is 3.75. The van der Waals surface area contributed by atoms with E-state index in [1.807, 2.05) is 0 Å². The summed E-state index contributed by atoms with van der Waals surface area (Å²) in [4.78, 5) is 0. The van der Waals surface area contributed by atoms with Crippen LogP contribution in [0.5, 0.6) is 0 Å². The summed E-state index contributed by atoms with van der Waals surface area (Å²) in [5, 5.41) is 3.70. The Kier molecular flexibility index (Phi) is 3.65. The van der Waals surface area contributed by atoms with Gasteiger partial charge in [-0.3, -0.25) is 0 Å². The van der Waals surface area contributed by atoms with E-state index in [0.29, 0.717) is 6.04 Å². The summed E-state index contributed by atoms with van der Waals surface area (Å²) in [5.41, 5.74) is 2.84. The van der Waals surface area contributed by atoms with Crippen LogP contribution in [0.15, 0.2) is 24.3 Å². The van der Waals surface area contributed by atoms with Gasteiger partial charge < -0.3 is 5.32 Å². The van der Waals surface area contributed by atoms with Crippen molar-refractivity contribution < 1.29 is 0 Å². The van der Waals surface area contributed by atoms with Crippen molar-refractivity contribution in [1.29, 1.82) is 0 Å². The maximum Gasteiger partial charge on any atom is 0.0294 e. The number of benzene rings is 1. The molecular formula is C15H23N. The molecule has 1 N–H and O–H groups in total. The van der Waals surface area contributed by atoms with E-state index in [-0.39, 0.29) is 0 Å². The molecule has 1 nitrogen and oxygen atoms in total. The second-order valence-electron chi connectivity index (χ2n) is 5.26. The fraction of sp³-hybridized carbons (Fsp3) is 0.600. The van der Waals surface area contributed by atoms with Crippen LogP contribution in [0, 0.1) is 5.92 Å². The largest absolute Gasteiger partial charge is 0.307 e. The zero-order valence-corrected chi connectivity index (χ0v) is 10.7. The van der Waals surface area contributed by atoms with Crippen LogP contribution in [0.4, 0.5) is 0 Å². The van der Waals surface area contributed by atoms with Crippen molar-refractivity contribution in [2.75, 3.05) is 0 Å². The van der Waals surface area contributed by atoms with Crippen molar-refractivity contribution in [2.24, 2.45) is 5.92 Å². The van der Waals surface area contributed by atoms with Gasteiger partial charge >= 0.3 is 0 Å². The molecule has 0 amide bonds. The average molecular weight is 217 g/mol. The van der Waals surface area contributed by atoms with Crippen LogP contribution in [0.3, 0.4) is 0 Å². The summed E-state index contributed by atoms with van der Waals surface area (Å²) in [6, 6.07) is 10.3. The SMILES string of the molecule is CCc1ccc(C(C)NC2CC(C)C2)cc1. The zero-order chi connectivity index (χ0) is 11.5. The predicted molar refractivity (Wildman–Crippen MR) is 69.6 cm³/mol. The Bertz CT molecular complexity index is 322. The van der Waals surface area contributed by atoms with Gasteiger partial charge in [0.05, 0.1) is 0 Å². The molecule has 16 heavy (non-hydrogen) atoms. The fourth-order valence-corrected chi connectivity index (χ4v) is 2.53. The minimum Gasteiger partial charge on any atom is -0.307 e. The first-order valence-electron chi connectivity index (χ1n) is 6.54. The number of rotatable bonds is 4. The van der Waals surface area contributed by atoms with Crippen molar-refractivity contribution in [2.45, 2.75) is 52.1 Å². The van der Waals surface area contributed by atoms with Crippen molar-refractivity contribution >= 4 is 0 Å². The molecule has 88 valence electrons. The van der Waals surface area contributed by atoms with Crippen LogP contribution in [0.2, 0.25) is 0 Å². The first-order chi connectivity index (χ1) is 7.69. The van der Waals surface area contributed by atoms with E-state index in [1.165, 1.54) is 24.0 Å². The Morgan fingerprint density at radius 3 is 2.38 bits per heavy atom. The molecule has 1 fully saturated rings. The van der Waals surface area contributed by atoms with Crippen LogP contribution in [-0.2, 0) is 6.42 Å². The molecule has 0 bridgehead atoms. The molecular weight excluding hydrogens is 194 g/mol. The summed E-state index contributed by atoms with van der Waals surface area (Å²) in [7, 11) is 0. The molecule has 1 atom stereocenters. The second-order valence-corrected chi connectivity index (χ2v) is 5.26. The Labute approximate surface area is 99.3 Å². The minimum absolute atomic E-state index is 0.489. The lowest BCUT2D eigenvalue weighted by molar-refractivity contribution is 0.226. The van der Waals surface area contributed by atoms with Gasteiger partial charge in [-0.05, 0) is 43.2 Å². The highest BCUT2D eigenvalue weighted by Crippen LogP contribution is 2.28. The first-order valence-corrected chi connectivity index (χ1v) is 6.54. The summed E-state index contributed by atoms with van der Waals surface area (Å²) in [6.07, 6.45) is 3.82. The Morgan fingerprint density at radius 2 is 1.88 bits per heavy atom. The topological polar surface area (TPSA) is 12.0 Å². The van der Waals surface area contributed by atoms with Gasteiger partial charge in [0.25, 0.3) is 0 Å². The van der Waals surface area contributed by atoms with E-state index in [4.69, 9.17) is 0 Å². The molecule has 1 aliphatic carbocycles. The maximum absolute atomic E-state index is 3.70. The second kappa shape index (κ2) is 5.01. The molecule has 0 radical (unpaired) electrons. The van der Waals surface area contributed by atoms with Crippen molar-refractivity contribution in [3.63, 3.8) is 0 Å². The van der Waals surface area contributed by atoms with Gasteiger partial charge in [-0.2, -0.15) is 0 Å². The van der Waals surface area contributed by atoms with Gasteiger partial charge in [0.2, 0.25) is 0 Å². The molecule has 0 heterocycles. The lowest BCUT2D eigenvalue weighted by Crippen LogP contribution is -2.41. The number of hydrogen-bond acceptors (Lipinski definition) is 1. The van der Waals surface area contributed by atoms with Crippen LogP contribution in [0.1, 0.15) is 50.8 Å². The van der Waals surface area contributed by atoms with E-state index in [9.17, 15) is 0 Å². The Balaban J connectivity index is 1.90. The van der Waals surface area contributed by atoms with E-state index in [2.05, 4.69) is 50.4 Å². The fourth-order valence-electron chi connectivity index (χ4n) is 2.53. The summed E-state index contributed by atoms with van der Waals surface area (Å²) in [5.74, 6) is 0.923. The number of hydrogen-bond donors (Lipinski definition) is 1. The molecule has 1 unspecified atom stereocenters. The average Bonchev–Trinajstić information content (AvgIpc) is 2.27. The van der Waals surface area contributed by atoms with E-state index in [1.54, 1.807) is 0 Å². The molecule has 2 rings (SSSR count). The predicted octanol–water partition coefficient (Wildman–Crippen LogP) is 3.70. The van der Waals surface area contributed by atoms with Gasteiger partial charge in [0, 0.05) is 12.1 Å². The Hall–Kier alpha value is -0.820. The Morgan fingerprint density at radius 1 is 1.25 bits per heavy atom. The molecule has 1 aromatic rings. The third kappa shape index (κ3) is 2.65. The van der Waals surface area contributed by atoms with Gasteiger partial charge in [-0.1, -0.05) is 38.1 Å². The van der Waals surface area contributed by atoms with Crippen molar-refractivity contribution in [3.05, 3.63) is 35.4 Å². The molecule has 1 heteroatoms. The van der Waals surface area contributed by atoms with E-state index < -0.39 is 0 Å². The van der Waals surface area contributed by atoms with Gasteiger partial charge in [0.15, 0.2) is 0 Å². The van der Waals surface area contributed by atoms with Gasteiger partial charge in [-0.25, -0.2) is 0 Å².